The van der Waals surface area contributed by atoms with Gasteiger partial charge in [0.25, 0.3) is 0 Å². The molecule has 0 N–H and O–H groups in total. The van der Waals surface area contributed by atoms with Crippen molar-refractivity contribution in [3.05, 3.63) is 23.5 Å². The van der Waals surface area contributed by atoms with E-state index in [-0.39, 0.29) is 18.1 Å². The summed E-state index contributed by atoms with van der Waals surface area (Å²) in [7, 11) is 2.83. The molecular formula is C12H15FO3. The quantitative estimate of drug-likeness (QED) is 0.724. The first-order chi connectivity index (χ1) is 7.65. The van der Waals surface area contributed by atoms with E-state index in [4.69, 9.17) is 9.47 Å². The van der Waals surface area contributed by atoms with Crippen LogP contribution < -0.4 is 9.47 Å². The van der Waals surface area contributed by atoms with Gasteiger partial charge in [-0.1, -0.05) is 13.0 Å². The summed E-state index contributed by atoms with van der Waals surface area (Å²) in [5.41, 5.74) is 0.463. The molecule has 1 unspecified atom stereocenters. The molecule has 0 aliphatic carbocycles. The Morgan fingerprint density at radius 3 is 2.56 bits per heavy atom. The molecule has 0 amide bonds. The third kappa shape index (κ3) is 2.32. The lowest BCUT2D eigenvalue weighted by Crippen LogP contribution is -2.02. The van der Waals surface area contributed by atoms with Crippen molar-refractivity contribution < 1.29 is 18.7 Å². The summed E-state index contributed by atoms with van der Waals surface area (Å²) in [6.07, 6.45) is 1.06. The molecule has 0 bridgehead atoms. The van der Waals surface area contributed by atoms with E-state index < -0.39 is 5.82 Å². The number of hydrogen-bond acceptors (Lipinski definition) is 3. The number of hydrogen-bond donors (Lipinski definition) is 0. The zero-order chi connectivity index (χ0) is 12.1. The van der Waals surface area contributed by atoms with Gasteiger partial charge in [0.2, 0.25) is 0 Å². The second kappa shape index (κ2) is 5.49. The Morgan fingerprint density at radius 1 is 1.38 bits per heavy atom. The van der Waals surface area contributed by atoms with Gasteiger partial charge in [-0.3, -0.25) is 0 Å². The Hall–Kier alpha value is -1.58. The highest BCUT2D eigenvalue weighted by Gasteiger charge is 2.18. The Morgan fingerprint density at radius 2 is 2.06 bits per heavy atom. The van der Waals surface area contributed by atoms with E-state index in [9.17, 15) is 9.18 Å². The monoisotopic (exact) mass is 226 g/mol. The molecule has 1 aromatic carbocycles. The van der Waals surface area contributed by atoms with Crippen LogP contribution in [-0.4, -0.2) is 20.5 Å². The van der Waals surface area contributed by atoms with Crippen LogP contribution in [0.3, 0.4) is 0 Å². The van der Waals surface area contributed by atoms with E-state index >= 15 is 0 Å². The number of halogens is 1. The molecule has 0 aliphatic heterocycles. The van der Waals surface area contributed by atoms with Crippen LogP contribution in [0.1, 0.15) is 24.8 Å². The van der Waals surface area contributed by atoms with Crippen LogP contribution in [0.2, 0.25) is 0 Å². The number of rotatable bonds is 5. The van der Waals surface area contributed by atoms with E-state index in [2.05, 4.69) is 0 Å². The maximum absolute atomic E-state index is 14.0. The predicted molar refractivity (Wildman–Crippen MR) is 58.6 cm³/mol. The summed E-state index contributed by atoms with van der Waals surface area (Å²) in [6, 6.07) is 3.25. The summed E-state index contributed by atoms with van der Waals surface area (Å²) < 4.78 is 23.9. The lowest BCUT2D eigenvalue weighted by molar-refractivity contribution is -0.108. The normalized spacial score (nSPS) is 12.0. The highest BCUT2D eigenvalue weighted by molar-refractivity contribution is 5.53. The summed E-state index contributed by atoms with van der Waals surface area (Å²) in [4.78, 5) is 10.4. The smallest absolute Gasteiger partial charge is 0.197 e. The highest BCUT2D eigenvalue weighted by atomic mass is 19.1. The first kappa shape index (κ1) is 12.5. The van der Waals surface area contributed by atoms with Gasteiger partial charge in [-0.15, -0.1) is 0 Å². The van der Waals surface area contributed by atoms with Gasteiger partial charge in [0.15, 0.2) is 17.3 Å². The Bertz CT molecular complexity index is 377. The molecule has 0 saturated heterocycles. The summed E-state index contributed by atoms with van der Waals surface area (Å²) in [6.45, 7) is 1.79. The van der Waals surface area contributed by atoms with Crippen LogP contribution in [-0.2, 0) is 4.79 Å². The molecule has 0 fully saturated rings. The molecule has 1 aromatic rings. The first-order valence-electron chi connectivity index (χ1n) is 4.99. The van der Waals surface area contributed by atoms with Gasteiger partial charge in [0.1, 0.15) is 6.29 Å². The zero-order valence-corrected chi connectivity index (χ0v) is 9.62. The topological polar surface area (TPSA) is 35.5 Å². The molecule has 16 heavy (non-hydrogen) atoms. The van der Waals surface area contributed by atoms with Crippen molar-refractivity contribution in [3.63, 3.8) is 0 Å². The molecule has 0 spiro atoms. The number of methoxy groups -OCH3 is 2. The number of carbonyl (C=O) groups is 1. The van der Waals surface area contributed by atoms with Crippen molar-refractivity contribution in [1.29, 1.82) is 0 Å². The average molecular weight is 226 g/mol. The maximum Gasteiger partial charge on any atom is 0.197 e. The molecule has 1 rings (SSSR count). The molecular weight excluding hydrogens is 211 g/mol. The molecule has 0 heterocycles. The van der Waals surface area contributed by atoms with Crippen LogP contribution >= 0.6 is 0 Å². The van der Waals surface area contributed by atoms with Gasteiger partial charge < -0.3 is 14.3 Å². The SMILES string of the molecule is COc1ccc(C(C)CC=O)c(F)c1OC. The van der Waals surface area contributed by atoms with Crippen LogP contribution in [0.15, 0.2) is 12.1 Å². The molecule has 4 heteroatoms. The zero-order valence-electron chi connectivity index (χ0n) is 9.62. The molecule has 0 radical (unpaired) electrons. The molecule has 0 aliphatic rings. The number of aldehydes is 1. The minimum atomic E-state index is -0.462. The van der Waals surface area contributed by atoms with Crippen molar-refractivity contribution in [2.45, 2.75) is 19.3 Å². The Balaban J connectivity index is 3.17. The minimum absolute atomic E-state index is 0.0812. The second-order valence-electron chi connectivity index (χ2n) is 3.51. The van der Waals surface area contributed by atoms with Crippen molar-refractivity contribution in [3.8, 4) is 11.5 Å². The van der Waals surface area contributed by atoms with Crippen molar-refractivity contribution in [2.75, 3.05) is 14.2 Å². The lowest BCUT2D eigenvalue weighted by Gasteiger charge is -2.14. The fourth-order valence-electron chi connectivity index (χ4n) is 1.56. The summed E-state index contributed by atoms with van der Waals surface area (Å²) in [5.74, 6) is -0.201. The van der Waals surface area contributed by atoms with Gasteiger partial charge in [0, 0.05) is 6.42 Å². The summed E-state index contributed by atoms with van der Waals surface area (Å²) in [5, 5.41) is 0. The predicted octanol–water partition coefficient (Wildman–Crippen LogP) is 2.54. The minimum Gasteiger partial charge on any atom is -0.493 e. The first-order valence-corrected chi connectivity index (χ1v) is 4.99. The fourth-order valence-corrected chi connectivity index (χ4v) is 1.56. The van der Waals surface area contributed by atoms with E-state index in [1.54, 1.807) is 19.1 Å². The van der Waals surface area contributed by atoms with Crippen molar-refractivity contribution in [2.24, 2.45) is 0 Å². The van der Waals surface area contributed by atoms with Gasteiger partial charge in [-0.25, -0.2) is 4.39 Å². The van der Waals surface area contributed by atoms with Crippen molar-refractivity contribution in [1.82, 2.24) is 0 Å². The lowest BCUT2D eigenvalue weighted by atomic mass is 9.97. The molecule has 88 valence electrons. The summed E-state index contributed by atoms with van der Waals surface area (Å²) >= 11 is 0. The van der Waals surface area contributed by atoms with Crippen LogP contribution in [0.25, 0.3) is 0 Å². The second-order valence-corrected chi connectivity index (χ2v) is 3.51. The van der Waals surface area contributed by atoms with E-state index in [1.807, 2.05) is 0 Å². The van der Waals surface area contributed by atoms with Gasteiger partial charge in [-0.05, 0) is 17.5 Å². The van der Waals surface area contributed by atoms with Gasteiger partial charge in [0.05, 0.1) is 14.2 Å². The van der Waals surface area contributed by atoms with Crippen molar-refractivity contribution >= 4 is 6.29 Å². The Kier molecular flexibility index (Phi) is 4.28. The number of ether oxygens (including phenoxy) is 2. The molecule has 0 aromatic heterocycles. The van der Waals surface area contributed by atoms with Gasteiger partial charge >= 0.3 is 0 Å². The van der Waals surface area contributed by atoms with Crippen LogP contribution in [0.4, 0.5) is 4.39 Å². The third-order valence-electron chi connectivity index (χ3n) is 2.50. The molecule has 1 atom stereocenters. The molecule has 3 nitrogen and oxygen atoms in total. The van der Waals surface area contributed by atoms with Crippen LogP contribution in [0, 0.1) is 5.82 Å². The Labute approximate surface area is 94.2 Å². The van der Waals surface area contributed by atoms with Crippen LogP contribution in [0.5, 0.6) is 11.5 Å². The standard InChI is InChI=1S/C12H15FO3/c1-8(6-7-14)9-4-5-10(15-2)12(16-3)11(9)13/h4-5,7-8H,6H2,1-3H3. The van der Waals surface area contributed by atoms with E-state index in [0.29, 0.717) is 11.3 Å². The number of benzene rings is 1. The van der Waals surface area contributed by atoms with E-state index in [1.165, 1.54) is 14.2 Å². The third-order valence-corrected chi connectivity index (χ3v) is 2.50. The average Bonchev–Trinajstić information content (AvgIpc) is 2.28. The largest absolute Gasteiger partial charge is 0.493 e. The highest BCUT2D eigenvalue weighted by Crippen LogP contribution is 2.35. The van der Waals surface area contributed by atoms with Gasteiger partial charge in [-0.2, -0.15) is 0 Å². The molecule has 0 saturated carbocycles. The fraction of sp³-hybridized carbons (Fsp3) is 0.417. The maximum atomic E-state index is 14.0. The number of carbonyl (C=O) groups excluding carboxylic acids is 1. The van der Waals surface area contributed by atoms with E-state index in [0.717, 1.165) is 6.29 Å².